The lowest BCUT2D eigenvalue weighted by Crippen LogP contribution is -2.35. The van der Waals surface area contributed by atoms with Crippen LogP contribution >= 0.6 is 0 Å². The van der Waals surface area contributed by atoms with Gasteiger partial charge in [-0.3, -0.25) is 0 Å². The Bertz CT molecular complexity index is 680. The van der Waals surface area contributed by atoms with E-state index in [1.54, 1.807) is 6.20 Å². The fourth-order valence-corrected chi connectivity index (χ4v) is 3.16. The molecule has 5 heteroatoms. The number of carbonyl (C=O) groups excluding carboxylic acids is 1. The van der Waals surface area contributed by atoms with Gasteiger partial charge in [0.25, 0.3) is 0 Å². The van der Waals surface area contributed by atoms with Crippen LogP contribution in [-0.2, 0) is 16.1 Å². The molecule has 0 bridgehead atoms. The highest BCUT2D eigenvalue weighted by atomic mass is 16.5. The third kappa shape index (κ3) is 4.11. The van der Waals surface area contributed by atoms with Gasteiger partial charge in [0.05, 0.1) is 19.5 Å². The van der Waals surface area contributed by atoms with Crippen molar-refractivity contribution in [3.05, 3.63) is 66.3 Å². The Hall–Kier alpha value is -2.40. The smallest absolute Gasteiger partial charge is 0.333 e. The number of nitrogens with one attached hydrogen (secondary N) is 1. The molecule has 24 heavy (non-hydrogen) atoms. The molecule has 0 radical (unpaired) electrons. The molecule has 1 heterocycles. The maximum absolute atomic E-state index is 11.8. The zero-order valence-electron chi connectivity index (χ0n) is 13.9. The van der Waals surface area contributed by atoms with E-state index in [4.69, 9.17) is 4.74 Å². The fraction of sp³-hybridized carbons (Fsp3) is 0.368. The zero-order valence-corrected chi connectivity index (χ0v) is 13.9. The van der Waals surface area contributed by atoms with Gasteiger partial charge in [0.1, 0.15) is 0 Å². The molecule has 2 atom stereocenters. The SMILES string of the molecule is COC(=O)C1=CC(NC(Cn2ccnc2)c2ccccc2)CCC1. The van der Waals surface area contributed by atoms with Crippen molar-refractivity contribution in [2.24, 2.45) is 0 Å². The number of benzene rings is 1. The second-order valence-electron chi connectivity index (χ2n) is 6.07. The van der Waals surface area contributed by atoms with Crippen LogP contribution in [0.2, 0.25) is 0 Å². The molecule has 3 rings (SSSR count). The highest BCUT2D eigenvalue weighted by molar-refractivity contribution is 5.88. The fourth-order valence-electron chi connectivity index (χ4n) is 3.16. The van der Waals surface area contributed by atoms with Gasteiger partial charge in [0.15, 0.2) is 0 Å². The molecule has 1 aliphatic carbocycles. The van der Waals surface area contributed by atoms with E-state index in [-0.39, 0.29) is 18.1 Å². The van der Waals surface area contributed by atoms with E-state index in [2.05, 4.69) is 39.1 Å². The summed E-state index contributed by atoms with van der Waals surface area (Å²) >= 11 is 0. The maximum Gasteiger partial charge on any atom is 0.333 e. The Labute approximate surface area is 142 Å². The van der Waals surface area contributed by atoms with Gasteiger partial charge in [-0.05, 0) is 24.8 Å². The molecular formula is C19H23N3O2. The summed E-state index contributed by atoms with van der Waals surface area (Å²) in [5.41, 5.74) is 2.00. The topological polar surface area (TPSA) is 56.1 Å². The van der Waals surface area contributed by atoms with Crippen LogP contribution in [0.5, 0.6) is 0 Å². The number of hydrogen-bond acceptors (Lipinski definition) is 4. The molecule has 0 amide bonds. The minimum Gasteiger partial charge on any atom is -0.466 e. The molecule has 0 spiro atoms. The molecule has 0 saturated heterocycles. The summed E-state index contributed by atoms with van der Waals surface area (Å²) in [6.07, 6.45) is 10.4. The van der Waals surface area contributed by atoms with Gasteiger partial charge in [-0.1, -0.05) is 36.4 Å². The van der Waals surface area contributed by atoms with Crippen LogP contribution < -0.4 is 5.32 Å². The van der Waals surface area contributed by atoms with E-state index in [0.29, 0.717) is 0 Å². The normalized spacial score (nSPS) is 18.7. The van der Waals surface area contributed by atoms with Crippen molar-refractivity contribution in [3.63, 3.8) is 0 Å². The van der Waals surface area contributed by atoms with Crippen molar-refractivity contribution in [1.29, 1.82) is 0 Å². The lowest BCUT2D eigenvalue weighted by Gasteiger charge is -2.27. The summed E-state index contributed by atoms with van der Waals surface area (Å²) in [6, 6.07) is 10.7. The Morgan fingerprint density at radius 1 is 1.42 bits per heavy atom. The Morgan fingerprint density at radius 3 is 2.96 bits per heavy atom. The summed E-state index contributed by atoms with van der Waals surface area (Å²) in [4.78, 5) is 15.9. The third-order valence-corrected chi connectivity index (χ3v) is 4.38. The average Bonchev–Trinajstić information content (AvgIpc) is 3.14. The van der Waals surface area contributed by atoms with E-state index in [1.807, 2.05) is 24.7 Å². The van der Waals surface area contributed by atoms with Crippen molar-refractivity contribution in [2.45, 2.75) is 37.9 Å². The van der Waals surface area contributed by atoms with Crippen molar-refractivity contribution in [1.82, 2.24) is 14.9 Å². The molecular weight excluding hydrogens is 302 g/mol. The zero-order chi connectivity index (χ0) is 16.8. The quantitative estimate of drug-likeness (QED) is 0.830. The summed E-state index contributed by atoms with van der Waals surface area (Å²) in [6.45, 7) is 0.794. The van der Waals surface area contributed by atoms with Gasteiger partial charge in [-0.25, -0.2) is 9.78 Å². The standard InChI is InChI=1S/C19H23N3O2/c1-24-19(23)16-8-5-9-17(12-16)21-18(13-22-11-10-20-14-22)15-6-3-2-4-7-15/h2-4,6-7,10-12,14,17-18,21H,5,8-9,13H2,1H3. The van der Waals surface area contributed by atoms with Crippen molar-refractivity contribution < 1.29 is 9.53 Å². The van der Waals surface area contributed by atoms with Crippen LogP contribution in [0.3, 0.4) is 0 Å². The number of ether oxygens (including phenoxy) is 1. The van der Waals surface area contributed by atoms with Gasteiger partial charge < -0.3 is 14.6 Å². The predicted molar refractivity (Wildman–Crippen MR) is 92.3 cm³/mol. The van der Waals surface area contributed by atoms with Crippen LogP contribution in [0.25, 0.3) is 0 Å². The van der Waals surface area contributed by atoms with Gasteiger partial charge in [-0.15, -0.1) is 0 Å². The van der Waals surface area contributed by atoms with E-state index in [1.165, 1.54) is 12.7 Å². The van der Waals surface area contributed by atoms with Gasteiger partial charge in [0.2, 0.25) is 0 Å². The number of esters is 1. The average molecular weight is 325 g/mol. The molecule has 0 saturated carbocycles. The monoisotopic (exact) mass is 325 g/mol. The molecule has 2 unspecified atom stereocenters. The van der Waals surface area contributed by atoms with Gasteiger partial charge in [0, 0.05) is 30.6 Å². The highest BCUT2D eigenvalue weighted by Gasteiger charge is 2.22. The number of rotatable bonds is 6. The summed E-state index contributed by atoms with van der Waals surface area (Å²) in [5.74, 6) is -0.215. The molecule has 126 valence electrons. The third-order valence-electron chi connectivity index (χ3n) is 4.38. The largest absolute Gasteiger partial charge is 0.466 e. The van der Waals surface area contributed by atoms with Crippen LogP contribution in [0.1, 0.15) is 30.9 Å². The lowest BCUT2D eigenvalue weighted by molar-refractivity contribution is -0.136. The van der Waals surface area contributed by atoms with Crippen molar-refractivity contribution >= 4 is 5.97 Å². The Morgan fingerprint density at radius 2 is 2.25 bits per heavy atom. The van der Waals surface area contributed by atoms with E-state index >= 15 is 0 Å². The number of aromatic nitrogens is 2. The number of imidazole rings is 1. The van der Waals surface area contributed by atoms with E-state index in [0.717, 1.165) is 31.4 Å². The number of carbonyl (C=O) groups is 1. The van der Waals surface area contributed by atoms with Crippen molar-refractivity contribution in [3.8, 4) is 0 Å². The lowest BCUT2D eigenvalue weighted by atomic mass is 9.94. The van der Waals surface area contributed by atoms with Crippen LogP contribution in [0.4, 0.5) is 0 Å². The molecule has 5 nitrogen and oxygen atoms in total. The van der Waals surface area contributed by atoms with Crippen molar-refractivity contribution in [2.75, 3.05) is 7.11 Å². The number of hydrogen-bond donors (Lipinski definition) is 1. The Balaban J connectivity index is 1.77. The second-order valence-corrected chi connectivity index (χ2v) is 6.07. The Kier molecular flexibility index (Phi) is 5.43. The first-order valence-electron chi connectivity index (χ1n) is 8.32. The number of methoxy groups -OCH3 is 1. The first-order valence-corrected chi connectivity index (χ1v) is 8.32. The molecule has 1 aliphatic rings. The van der Waals surface area contributed by atoms with Crippen LogP contribution in [0.15, 0.2) is 60.7 Å². The van der Waals surface area contributed by atoms with Crippen LogP contribution in [-0.4, -0.2) is 28.7 Å². The van der Waals surface area contributed by atoms with Gasteiger partial charge >= 0.3 is 5.97 Å². The number of nitrogens with zero attached hydrogens (tertiary/aromatic N) is 2. The van der Waals surface area contributed by atoms with E-state index < -0.39 is 0 Å². The molecule has 0 aliphatic heterocycles. The first kappa shape index (κ1) is 16.5. The molecule has 1 aromatic carbocycles. The minimum atomic E-state index is -0.215. The second kappa shape index (κ2) is 7.93. The first-order chi connectivity index (χ1) is 11.8. The summed E-state index contributed by atoms with van der Waals surface area (Å²) in [5, 5.41) is 3.69. The molecule has 0 fully saturated rings. The summed E-state index contributed by atoms with van der Waals surface area (Å²) in [7, 11) is 1.44. The highest BCUT2D eigenvalue weighted by Crippen LogP contribution is 2.23. The van der Waals surface area contributed by atoms with Crippen LogP contribution in [0, 0.1) is 0 Å². The molecule has 2 aromatic rings. The van der Waals surface area contributed by atoms with E-state index in [9.17, 15) is 4.79 Å². The maximum atomic E-state index is 11.8. The minimum absolute atomic E-state index is 0.152. The predicted octanol–water partition coefficient (Wildman–Crippen LogP) is 2.87. The molecule has 1 aromatic heterocycles. The molecule has 1 N–H and O–H groups in total. The van der Waals surface area contributed by atoms with Gasteiger partial charge in [-0.2, -0.15) is 0 Å². The summed E-state index contributed by atoms with van der Waals surface area (Å²) < 4.78 is 6.93.